The minimum atomic E-state index is -5.06. The van der Waals surface area contributed by atoms with Crippen molar-refractivity contribution in [3.05, 3.63) is 27.7 Å². The Kier molecular flexibility index (Phi) is 4.23. The summed E-state index contributed by atoms with van der Waals surface area (Å²) in [5.74, 6) is -2.59. The van der Waals surface area contributed by atoms with Gasteiger partial charge in [-0.3, -0.25) is 4.79 Å². The van der Waals surface area contributed by atoms with Gasteiger partial charge in [-0.05, 0) is 0 Å². The number of hydrogen-bond acceptors (Lipinski definition) is 4. The van der Waals surface area contributed by atoms with Crippen molar-refractivity contribution >= 4 is 17.6 Å². The van der Waals surface area contributed by atoms with E-state index in [1.54, 1.807) is 0 Å². The summed E-state index contributed by atoms with van der Waals surface area (Å²) in [6.07, 6.45) is -4.29. The van der Waals surface area contributed by atoms with Gasteiger partial charge in [-0.1, -0.05) is 0 Å². The summed E-state index contributed by atoms with van der Waals surface area (Å²) < 4.78 is 44.6. The number of carbonyl (C=O) groups excluding carboxylic acids is 1. The van der Waals surface area contributed by atoms with Crippen LogP contribution in [0.1, 0.15) is 15.9 Å². The zero-order chi connectivity index (χ0) is 13.9. The second kappa shape index (κ2) is 5.30. The molecule has 9 heteroatoms. The van der Waals surface area contributed by atoms with E-state index >= 15 is 0 Å². The fourth-order valence-electron chi connectivity index (χ4n) is 1.17. The van der Waals surface area contributed by atoms with Gasteiger partial charge < -0.3 is 14.5 Å². The molecule has 0 radical (unpaired) electrons. The molecular formula is C9H7ClF3NO4. The number of alkyl halides is 4. The van der Waals surface area contributed by atoms with Crippen LogP contribution in [-0.4, -0.2) is 24.4 Å². The molecule has 0 saturated heterocycles. The molecule has 0 fully saturated rings. The number of methoxy groups -OCH3 is 1. The van der Waals surface area contributed by atoms with Gasteiger partial charge in [-0.2, -0.15) is 0 Å². The van der Waals surface area contributed by atoms with Crippen LogP contribution in [0.15, 0.2) is 11.0 Å². The summed E-state index contributed by atoms with van der Waals surface area (Å²) in [4.78, 5) is 24.6. The Morgan fingerprint density at radius 1 is 1.50 bits per heavy atom. The van der Waals surface area contributed by atoms with E-state index in [-0.39, 0.29) is 0 Å². The quantitative estimate of drug-likeness (QED) is 0.679. The molecule has 0 saturated carbocycles. The molecular weight excluding hydrogens is 279 g/mol. The zero-order valence-corrected chi connectivity index (χ0v) is 9.69. The van der Waals surface area contributed by atoms with Crippen molar-refractivity contribution in [1.82, 2.24) is 4.98 Å². The summed E-state index contributed by atoms with van der Waals surface area (Å²) in [6.45, 7) is 0. The van der Waals surface area contributed by atoms with Crippen LogP contribution in [0.4, 0.5) is 13.2 Å². The number of rotatable bonds is 3. The van der Waals surface area contributed by atoms with Crippen LogP contribution < -0.4 is 10.3 Å². The lowest BCUT2D eigenvalue weighted by molar-refractivity contribution is -0.275. The first-order chi connectivity index (χ1) is 8.30. The van der Waals surface area contributed by atoms with Gasteiger partial charge in [0.1, 0.15) is 5.56 Å². The Labute approximate surface area is 103 Å². The normalized spacial score (nSPS) is 11.2. The highest BCUT2D eigenvalue weighted by atomic mass is 35.5. The molecule has 0 amide bonds. The van der Waals surface area contributed by atoms with Crippen LogP contribution >= 0.6 is 11.6 Å². The van der Waals surface area contributed by atoms with Gasteiger partial charge in [0.15, 0.2) is 5.75 Å². The summed E-state index contributed by atoms with van der Waals surface area (Å²) in [5.41, 5.74) is -1.95. The molecule has 0 aliphatic heterocycles. The molecule has 0 aliphatic rings. The van der Waals surface area contributed by atoms with Crippen molar-refractivity contribution in [1.29, 1.82) is 0 Å². The summed E-state index contributed by atoms with van der Waals surface area (Å²) in [5, 5.41) is 0. The third-order valence-electron chi connectivity index (χ3n) is 1.90. The van der Waals surface area contributed by atoms with Crippen LogP contribution in [0.3, 0.4) is 0 Å². The number of halogens is 4. The van der Waals surface area contributed by atoms with Crippen LogP contribution in [-0.2, 0) is 10.6 Å². The molecule has 5 nitrogen and oxygen atoms in total. The number of hydrogen-bond donors (Lipinski definition) is 1. The van der Waals surface area contributed by atoms with Crippen molar-refractivity contribution in [3.63, 3.8) is 0 Å². The third-order valence-corrected chi connectivity index (χ3v) is 2.16. The number of H-pyrrole nitrogens is 1. The van der Waals surface area contributed by atoms with E-state index in [9.17, 15) is 22.8 Å². The average molecular weight is 286 g/mol. The number of ether oxygens (including phenoxy) is 2. The first kappa shape index (κ1) is 14.4. The average Bonchev–Trinajstić information content (AvgIpc) is 2.26. The molecule has 0 aliphatic carbocycles. The molecule has 100 valence electrons. The molecule has 1 aromatic heterocycles. The Morgan fingerprint density at radius 2 is 2.11 bits per heavy atom. The lowest BCUT2D eigenvalue weighted by Crippen LogP contribution is -2.24. The molecule has 0 spiro atoms. The highest BCUT2D eigenvalue weighted by molar-refractivity contribution is 6.17. The van der Waals surface area contributed by atoms with E-state index in [0.29, 0.717) is 0 Å². The molecule has 0 bridgehead atoms. The lowest BCUT2D eigenvalue weighted by atomic mass is 10.2. The Bertz CT molecular complexity index is 512. The number of esters is 1. The van der Waals surface area contributed by atoms with Gasteiger partial charge in [0, 0.05) is 6.20 Å². The molecule has 0 atom stereocenters. The van der Waals surface area contributed by atoms with Crippen LogP contribution in [0.2, 0.25) is 0 Å². The minimum absolute atomic E-state index is 0.503. The van der Waals surface area contributed by atoms with Crippen molar-refractivity contribution in [3.8, 4) is 5.75 Å². The molecule has 1 N–H and O–H groups in total. The van der Waals surface area contributed by atoms with Gasteiger partial charge >= 0.3 is 12.3 Å². The van der Waals surface area contributed by atoms with Crippen LogP contribution in [0, 0.1) is 0 Å². The predicted octanol–water partition coefficient (Wildman–Crippen LogP) is 1.80. The van der Waals surface area contributed by atoms with Gasteiger partial charge in [-0.25, -0.2) is 4.79 Å². The molecule has 1 aromatic rings. The first-order valence-corrected chi connectivity index (χ1v) is 4.98. The predicted molar refractivity (Wildman–Crippen MR) is 54.6 cm³/mol. The van der Waals surface area contributed by atoms with Crippen molar-refractivity contribution in [2.45, 2.75) is 12.2 Å². The smallest absolute Gasteiger partial charge is 0.465 e. The minimum Gasteiger partial charge on any atom is -0.465 e. The van der Waals surface area contributed by atoms with E-state index in [1.165, 1.54) is 0 Å². The van der Waals surface area contributed by atoms with E-state index in [4.69, 9.17) is 11.6 Å². The first-order valence-electron chi connectivity index (χ1n) is 4.44. The number of pyridine rings is 1. The maximum Gasteiger partial charge on any atom is 0.573 e. The van der Waals surface area contributed by atoms with Crippen LogP contribution in [0.25, 0.3) is 0 Å². The van der Waals surface area contributed by atoms with E-state index in [1.807, 2.05) is 0 Å². The van der Waals surface area contributed by atoms with E-state index < -0.39 is 40.6 Å². The third kappa shape index (κ3) is 3.16. The topological polar surface area (TPSA) is 68.4 Å². The van der Waals surface area contributed by atoms with Gasteiger partial charge in [0.2, 0.25) is 0 Å². The maximum absolute atomic E-state index is 12.2. The van der Waals surface area contributed by atoms with Crippen molar-refractivity contribution < 1.29 is 27.4 Å². The van der Waals surface area contributed by atoms with Gasteiger partial charge in [0.05, 0.1) is 18.6 Å². The molecule has 0 aromatic carbocycles. The second-order valence-corrected chi connectivity index (χ2v) is 3.28. The molecule has 1 rings (SSSR count). The molecule has 18 heavy (non-hydrogen) atoms. The fraction of sp³-hybridized carbons (Fsp3) is 0.333. The van der Waals surface area contributed by atoms with Gasteiger partial charge in [-0.15, -0.1) is 24.8 Å². The highest BCUT2D eigenvalue weighted by Gasteiger charge is 2.35. The van der Waals surface area contributed by atoms with Crippen molar-refractivity contribution in [2.24, 2.45) is 0 Å². The molecule has 0 unspecified atom stereocenters. The van der Waals surface area contributed by atoms with E-state index in [0.717, 1.165) is 13.3 Å². The zero-order valence-electron chi connectivity index (χ0n) is 8.93. The number of aromatic amines is 1. The number of aromatic nitrogens is 1. The number of carbonyl (C=O) groups is 1. The summed E-state index contributed by atoms with van der Waals surface area (Å²) in [7, 11) is 0.977. The van der Waals surface area contributed by atoms with Crippen LogP contribution in [0.5, 0.6) is 5.75 Å². The maximum atomic E-state index is 12.2. The highest BCUT2D eigenvalue weighted by Crippen LogP contribution is 2.29. The monoisotopic (exact) mass is 285 g/mol. The van der Waals surface area contributed by atoms with Crippen molar-refractivity contribution in [2.75, 3.05) is 7.11 Å². The number of nitrogens with one attached hydrogen (secondary N) is 1. The standard InChI is InChI=1S/C9H7ClF3NO4/c1-17-8(16)5-3-14-7(15)4(2-10)6(5)18-9(11,12)13/h3H,2H2,1H3,(H,14,15). The Morgan fingerprint density at radius 3 is 2.56 bits per heavy atom. The summed E-state index contributed by atoms with van der Waals surface area (Å²) in [6, 6.07) is 0. The Hall–Kier alpha value is -1.70. The Balaban J connectivity index is 3.44. The van der Waals surface area contributed by atoms with E-state index in [2.05, 4.69) is 14.5 Å². The fourth-order valence-corrected chi connectivity index (χ4v) is 1.41. The van der Waals surface area contributed by atoms with Gasteiger partial charge in [0.25, 0.3) is 5.56 Å². The molecule has 1 heterocycles. The SMILES string of the molecule is COC(=O)c1c[nH]c(=O)c(CCl)c1OC(F)(F)F. The lowest BCUT2D eigenvalue weighted by Gasteiger charge is -2.14. The largest absolute Gasteiger partial charge is 0.573 e. The summed E-state index contributed by atoms with van der Waals surface area (Å²) >= 11 is 5.37. The second-order valence-electron chi connectivity index (χ2n) is 3.01.